The van der Waals surface area contributed by atoms with Crippen molar-refractivity contribution < 1.29 is 19.5 Å². The standard InChI is InChI=1S/C22H22N2O4/c1-28-19-4-2-3-17(14-19)20(22(26)23-18-10-11-18)13-16-7-5-15(6-8-16)9-12-21(25)24-27/h2-9,12-14,18,27H,10-11H2,1H3,(H,23,26)(H,24,25)/b12-9+,20-13?. The van der Waals surface area contributed by atoms with Crippen LogP contribution in [0.2, 0.25) is 0 Å². The van der Waals surface area contributed by atoms with Crippen LogP contribution in [0.3, 0.4) is 0 Å². The number of ether oxygens (including phenoxy) is 1. The summed E-state index contributed by atoms with van der Waals surface area (Å²) in [6.45, 7) is 0. The van der Waals surface area contributed by atoms with Gasteiger partial charge in [0.25, 0.3) is 11.8 Å². The molecule has 2 aromatic rings. The van der Waals surface area contributed by atoms with E-state index < -0.39 is 5.91 Å². The Morgan fingerprint density at radius 1 is 1.11 bits per heavy atom. The fourth-order valence-corrected chi connectivity index (χ4v) is 2.64. The molecule has 0 bridgehead atoms. The van der Waals surface area contributed by atoms with Crippen LogP contribution in [-0.4, -0.2) is 30.2 Å². The van der Waals surface area contributed by atoms with E-state index in [1.807, 2.05) is 54.6 Å². The minimum atomic E-state index is -0.596. The van der Waals surface area contributed by atoms with E-state index in [0.29, 0.717) is 11.3 Å². The quantitative estimate of drug-likeness (QED) is 0.299. The number of rotatable bonds is 7. The van der Waals surface area contributed by atoms with Crippen LogP contribution in [0.25, 0.3) is 17.7 Å². The molecule has 1 fully saturated rings. The van der Waals surface area contributed by atoms with E-state index in [9.17, 15) is 9.59 Å². The summed E-state index contributed by atoms with van der Waals surface area (Å²) in [7, 11) is 1.59. The maximum atomic E-state index is 12.8. The van der Waals surface area contributed by atoms with Crippen LogP contribution < -0.4 is 15.5 Å². The molecule has 2 aromatic carbocycles. The number of methoxy groups -OCH3 is 1. The molecule has 0 spiro atoms. The first-order valence-electron chi connectivity index (χ1n) is 8.98. The Labute approximate surface area is 163 Å². The summed E-state index contributed by atoms with van der Waals surface area (Å²) in [4.78, 5) is 23.8. The lowest BCUT2D eigenvalue weighted by Crippen LogP contribution is -2.26. The number of benzene rings is 2. The van der Waals surface area contributed by atoms with Crippen LogP contribution >= 0.6 is 0 Å². The minimum absolute atomic E-state index is 0.112. The maximum Gasteiger partial charge on any atom is 0.267 e. The first-order valence-corrected chi connectivity index (χ1v) is 8.98. The maximum absolute atomic E-state index is 12.8. The van der Waals surface area contributed by atoms with Gasteiger partial charge in [-0.25, -0.2) is 5.48 Å². The number of carbonyl (C=O) groups is 2. The van der Waals surface area contributed by atoms with Crippen molar-refractivity contribution in [1.29, 1.82) is 0 Å². The van der Waals surface area contributed by atoms with Gasteiger partial charge in [0.05, 0.1) is 7.11 Å². The third-order valence-corrected chi connectivity index (χ3v) is 4.32. The van der Waals surface area contributed by atoms with Gasteiger partial charge in [-0.15, -0.1) is 0 Å². The molecular formula is C22H22N2O4. The van der Waals surface area contributed by atoms with Gasteiger partial charge in [-0.3, -0.25) is 14.8 Å². The molecule has 6 nitrogen and oxygen atoms in total. The van der Waals surface area contributed by atoms with Crippen molar-refractivity contribution in [3.8, 4) is 5.75 Å². The lowest BCUT2D eigenvalue weighted by atomic mass is 10.0. The third kappa shape index (κ3) is 5.31. The van der Waals surface area contributed by atoms with Crippen LogP contribution in [-0.2, 0) is 9.59 Å². The van der Waals surface area contributed by atoms with Gasteiger partial charge in [-0.05, 0) is 53.8 Å². The summed E-state index contributed by atoms with van der Waals surface area (Å²) in [5.74, 6) is -0.0226. The summed E-state index contributed by atoms with van der Waals surface area (Å²) in [5.41, 5.74) is 4.54. The SMILES string of the molecule is COc1cccc(C(=Cc2ccc(/C=C/C(=O)NO)cc2)C(=O)NC2CC2)c1. The zero-order chi connectivity index (χ0) is 19.9. The van der Waals surface area contributed by atoms with E-state index in [1.54, 1.807) is 18.7 Å². The Morgan fingerprint density at radius 2 is 1.82 bits per heavy atom. The Morgan fingerprint density at radius 3 is 2.46 bits per heavy atom. The topological polar surface area (TPSA) is 87.7 Å². The molecule has 144 valence electrons. The number of amides is 2. The molecule has 0 atom stereocenters. The average molecular weight is 378 g/mol. The van der Waals surface area contributed by atoms with E-state index >= 15 is 0 Å². The molecule has 3 N–H and O–H groups in total. The largest absolute Gasteiger partial charge is 0.497 e. The summed E-state index contributed by atoms with van der Waals surface area (Å²) < 4.78 is 5.28. The van der Waals surface area contributed by atoms with Gasteiger partial charge in [0.15, 0.2) is 0 Å². The number of hydroxylamine groups is 1. The fourth-order valence-electron chi connectivity index (χ4n) is 2.64. The zero-order valence-corrected chi connectivity index (χ0v) is 15.5. The molecule has 2 amide bonds. The summed E-state index contributed by atoms with van der Waals surface area (Å²) in [6.07, 6.45) is 6.68. The van der Waals surface area contributed by atoms with Crippen molar-refractivity contribution in [2.24, 2.45) is 0 Å². The van der Waals surface area contributed by atoms with Crippen LogP contribution in [0.1, 0.15) is 29.5 Å². The molecule has 1 aliphatic rings. The Hall–Kier alpha value is -3.38. The fraction of sp³-hybridized carbons (Fsp3) is 0.182. The van der Waals surface area contributed by atoms with Crippen molar-refractivity contribution in [1.82, 2.24) is 10.8 Å². The Bertz CT molecular complexity index is 912. The van der Waals surface area contributed by atoms with Crippen LogP contribution in [0.15, 0.2) is 54.6 Å². The summed E-state index contributed by atoms with van der Waals surface area (Å²) in [5, 5.41) is 11.5. The van der Waals surface area contributed by atoms with E-state index in [4.69, 9.17) is 9.94 Å². The van der Waals surface area contributed by atoms with Crippen LogP contribution in [0, 0.1) is 0 Å². The van der Waals surface area contributed by atoms with Gasteiger partial charge < -0.3 is 10.1 Å². The average Bonchev–Trinajstić information content (AvgIpc) is 3.54. The monoisotopic (exact) mass is 378 g/mol. The van der Waals surface area contributed by atoms with Crippen molar-refractivity contribution in [2.45, 2.75) is 18.9 Å². The van der Waals surface area contributed by atoms with Crippen molar-refractivity contribution in [3.05, 3.63) is 71.3 Å². The van der Waals surface area contributed by atoms with E-state index in [2.05, 4.69) is 5.32 Å². The van der Waals surface area contributed by atoms with Crippen molar-refractivity contribution in [3.63, 3.8) is 0 Å². The molecule has 1 saturated carbocycles. The Kier molecular flexibility index (Phi) is 6.24. The molecule has 0 aromatic heterocycles. The highest BCUT2D eigenvalue weighted by atomic mass is 16.5. The number of nitrogens with one attached hydrogen (secondary N) is 2. The highest BCUT2D eigenvalue weighted by Crippen LogP contribution is 2.25. The third-order valence-electron chi connectivity index (χ3n) is 4.32. The zero-order valence-electron chi connectivity index (χ0n) is 15.5. The van der Waals surface area contributed by atoms with Gasteiger partial charge in [-0.2, -0.15) is 0 Å². The number of hydrogen-bond donors (Lipinski definition) is 3. The van der Waals surface area contributed by atoms with Gasteiger partial charge >= 0.3 is 0 Å². The molecule has 3 rings (SSSR count). The summed E-state index contributed by atoms with van der Waals surface area (Å²) >= 11 is 0. The van der Waals surface area contributed by atoms with Gasteiger partial charge in [-0.1, -0.05) is 36.4 Å². The van der Waals surface area contributed by atoms with Crippen molar-refractivity contribution in [2.75, 3.05) is 7.11 Å². The molecular weight excluding hydrogens is 356 g/mol. The normalized spacial score (nSPS) is 14.0. The number of hydrogen-bond acceptors (Lipinski definition) is 4. The van der Waals surface area contributed by atoms with E-state index in [1.165, 1.54) is 6.08 Å². The second-order valence-corrected chi connectivity index (χ2v) is 6.51. The lowest BCUT2D eigenvalue weighted by molar-refractivity contribution is -0.124. The van der Waals surface area contributed by atoms with Crippen LogP contribution in [0.5, 0.6) is 5.75 Å². The number of carbonyl (C=O) groups excluding carboxylic acids is 2. The van der Waals surface area contributed by atoms with Gasteiger partial charge in [0, 0.05) is 17.7 Å². The molecule has 1 aliphatic carbocycles. The summed E-state index contributed by atoms with van der Waals surface area (Å²) in [6, 6.07) is 15.0. The van der Waals surface area contributed by atoms with Gasteiger partial charge in [0.2, 0.25) is 0 Å². The first-order chi connectivity index (χ1) is 13.6. The first kappa shape index (κ1) is 19.4. The highest BCUT2D eigenvalue weighted by Gasteiger charge is 2.25. The molecule has 0 radical (unpaired) electrons. The molecule has 0 saturated heterocycles. The van der Waals surface area contributed by atoms with Gasteiger partial charge in [0.1, 0.15) is 5.75 Å². The van der Waals surface area contributed by atoms with E-state index in [0.717, 1.165) is 29.5 Å². The predicted molar refractivity (Wildman–Crippen MR) is 107 cm³/mol. The smallest absolute Gasteiger partial charge is 0.267 e. The predicted octanol–water partition coefficient (Wildman–Crippen LogP) is 3.03. The second kappa shape index (κ2) is 9.01. The molecule has 28 heavy (non-hydrogen) atoms. The van der Waals surface area contributed by atoms with Crippen molar-refractivity contribution >= 4 is 29.5 Å². The second-order valence-electron chi connectivity index (χ2n) is 6.51. The molecule has 6 heteroatoms. The molecule has 0 aliphatic heterocycles. The lowest BCUT2D eigenvalue weighted by Gasteiger charge is -2.10. The molecule has 0 heterocycles. The molecule has 0 unspecified atom stereocenters. The highest BCUT2D eigenvalue weighted by molar-refractivity contribution is 6.24. The van der Waals surface area contributed by atoms with Crippen LogP contribution in [0.4, 0.5) is 0 Å². The van der Waals surface area contributed by atoms with E-state index in [-0.39, 0.29) is 11.9 Å². The minimum Gasteiger partial charge on any atom is -0.497 e. The Balaban J connectivity index is 1.88.